The van der Waals surface area contributed by atoms with Gasteiger partial charge >= 0.3 is 0 Å². The summed E-state index contributed by atoms with van der Waals surface area (Å²) in [6.07, 6.45) is 1.75. The van der Waals surface area contributed by atoms with Crippen LogP contribution in [0.2, 0.25) is 0 Å². The van der Waals surface area contributed by atoms with Crippen molar-refractivity contribution in [1.82, 2.24) is 5.32 Å². The lowest BCUT2D eigenvalue weighted by atomic mass is 9.88. The van der Waals surface area contributed by atoms with Crippen molar-refractivity contribution in [3.8, 4) is 0 Å². The van der Waals surface area contributed by atoms with Crippen LogP contribution in [0.1, 0.15) is 50.0 Å². The van der Waals surface area contributed by atoms with Crippen LogP contribution >= 0.6 is 0 Å². The molecule has 0 saturated carbocycles. The number of carbonyl (C=O) groups excluding carboxylic acids is 1. The molecule has 0 aliphatic rings. The Balaban J connectivity index is 2.56. The molecule has 106 valence electrons. The quantitative estimate of drug-likeness (QED) is 0.857. The minimum atomic E-state index is -0.0261. The number of nitrogens with one attached hydrogen (secondary N) is 1. The predicted octanol–water partition coefficient (Wildman–Crippen LogP) is 2.74. The van der Waals surface area contributed by atoms with Crippen molar-refractivity contribution in [2.45, 2.75) is 46.6 Å². The molecule has 1 aromatic carbocycles. The van der Waals surface area contributed by atoms with Gasteiger partial charge in [-0.25, -0.2) is 0 Å². The molecule has 1 unspecified atom stereocenters. The van der Waals surface area contributed by atoms with Crippen LogP contribution < -0.4 is 11.1 Å². The third-order valence-corrected chi connectivity index (χ3v) is 3.04. The van der Waals surface area contributed by atoms with E-state index < -0.39 is 0 Å². The van der Waals surface area contributed by atoms with E-state index in [-0.39, 0.29) is 17.4 Å². The van der Waals surface area contributed by atoms with E-state index in [9.17, 15) is 4.79 Å². The average molecular weight is 262 g/mol. The third-order valence-electron chi connectivity index (χ3n) is 3.04. The summed E-state index contributed by atoms with van der Waals surface area (Å²) in [5, 5.41) is 2.93. The fourth-order valence-corrected chi connectivity index (χ4v) is 2.23. The van der Waals surface area contributed by atoms with Crippen molar-refractivity contribution in [1.29, 1.82) is 0 Å². The van der Waals surface area contributed by atoms with Crippen LogP contribution in [0.3, 0.4) is 0 Å². The molecule has 19 heavy (non-hydrogen) atoms. The monoisotopic (exact) mass is 262 g/mol. The summed E-state index contributed by atoms with van der Waals surface area (Å²) in [7, 11) is 0. The molecule has 0 bridgehead atoms. The first kappa shape index (κ1) is 15.7. The van der Waals surface area contributed by atoms with Crippen molar-refractivity contribution in [2.75, 3.05) is 6.54 Å². The molecule has 1 amide bonds. The molecule has 0 heterocycles. The van der Waals surface area contributed by atoms with E-state index >= 15 is 0 Å². The number of amides is 1. The van der Waals surface area contributed by atoms with Crippen molar-refractivity contribution in [3.05, 3.63) is 35.4 Å². The van der Waals surface area contributed by atoms with Crippen molar-refractivity contribution >= 4 is 5.91 Å². The molecule has 0 spiro atoms. The Bertz CT molecular complexity index is 421. The molecule has 3 heteroatoms. The van der Waals surface area contributed by atoms with E-state index in [1.807, 2.05) is 24.3 Å². The normalized spacial score (nSPS) is 13.1. The second kappa shape index (κ2) is 6.71. The van der Waals surface area contributed by atoms with Gasteiger partial charge in [-0.15, -0.1) is 0 Å². The Morgan fingerprint density at radius 2 is 1.95 bits per heavy atom. The van der Waals surface area contributed by atoms with E-state index in [1.165, 1.54) is 0 Å². The SMILES string of the molecule is CCc1ccccc1C(=O)NCC(N)CC(C)(C)C. The van der Waals surface area contributed by atoms with Gasteiger partial charge in [-0.3, -0.25) is 4.79 Å². The first-order valence-corrected chi connectivity index (χ1v) is 6.95. The van der Waals surface area contributed by atoms with Crippen LogP contribution in [0.4, 0.5) is 0 Å². The van der Waals surface area contributed by atoms with E-state index in [4.69, 9.17) is 5.73 Å². The fourth-order valence-electron chi connectivity index (χ4n) is 2.23. The highest BCUT2D eigenvalue weighted by molar-refractivity contribution is 5.95. The smallest absolute Gasteiger partial charge is 0.251 e. The molecule has 1 aromatic rings. The molecule has 1 atom stereocenters. The van der Waals surface area contributed by atoms with E-state index in [2.05, 4.69) is 33.0 Å². The van der Waals surface area contributed by atoms with Crippen molar-refractivity contribution in [2.24, 2.45) is 11.1 Å². The molecule has 0 radical (unpaired) electrons. The van der Waals surface area contributed by atoms with Gasteiger partial charge in [0.15, 0.2) is 0 Å². The van der Waals surface area contributed by atoms with Gasteiger partial charge in [-0.2, -0.15) is 0 Å². The Morgan fingerprint density at radius 3 is 2.53 bits per heavy atom. The van der Waals surface area contributed by atoms with Crippen LogP contribution in [-0.2, 0) is 6.42 Å². The number of hydrogen-bond acceptors (Lipinski definition) is 2. The molecular weight excluding hydrogens is 236 g/mol. The van der Waals surface area contributed by atoms with Gasteiger partial charge in [0.1, 0.15) is 0 Å². The molecule has 3 N–H and O–H groups in total. The molecule has 0 fully saturated rings. The topological polar surface area (TPSA) is 55.1 Å². The first-order valence-electron chi connectivity index (χ1n) is 6.95. The summed E-state index contributed by atoms with van der Waals surface area (Å²) in [6.45, 7) is 9.04. The second-order valence-electron chi connectivity index (χ2n) is 6.25. The molecule has 0 aliphatic heterocycles. The number of hydrogen-bond donors (Lipinski definition) is 2. The Kier molecular flexibility index (Phi) is 5.55. The molecule has 0 aliphatic carbocycles. The molecule has 3 nitrogen and oxygen atoms in total. The van der Waals surface area contributed by atoms with Gasteiger partial charge in [0.2, 0.25) is 0 Å². The molecule has 0 saturated heterocycles. The van der Waals surface area contributed by atoms with E-state index in [0.717, 1.165) is 24.0 Å². The molecular formula is C16H26N2O. The first-order chi connectivity index (χ1) is 8.83. The third kappa shape index (κ3) is 5.43. The maximum atomic E-state index is 12.1. The predicted molar refractivity (Wildman–Crippen MR) is 80.2 cm³/mol. The number of carbonyl (C=O) groups is 1. The number of benzene rings is 1. The lowest BCUT2D eigenvalue weighted by molar-refractivity contribution is 0.0948. The van der Waals surface area contributed by atoms with Gasteiger partial charge in [0, 0.05) is 18.2 Å². The molecule has 0 aromatic heterocycles. The van der Waals surface area contributed by atoms with Crippen LogP contribution in [-0.4, -0.2) is 18.5 Å². The summed E-state index contributed by atoms with van der Waals surface area (Å²) in [4.78, 5) is 12.1. The Morgan fingerprint density at radius 1 is 1.32 bits per heavy atom. The lowest BCUT2D eigenvalue weighted by Crippen LogP contribution is -2.39. The number of rotatable bonds is 5. The average Bonchev–Trinajstić information content (AvgIpc) is 2.33. The van der Waals surface area contributed by atoms with Gasteiger partial charge in [-0.05, 0) is 29.9 Å². The highest BCUT2D eigenvalue weighted by atomic mass is 16.1. The summed E-state index contributed by atoms with van der Waals surface area (Å²) >= 11 is 0. The number of aryl methyl sites for hydroxylation is 1. The maximum absolute atomic E-state index is 12.1. The minimum Gasteiger partial charge on any atom is -0.350 e. The van der Waals surface area contributed by atoms with E-state index in [1.54, 1.807) is 0 Å². The summed E-state index contributed by atoms with van der Waals surface area (Å²) in [5.74, 6) is -0.0261. The standard InChI is InChI=1S/C16H26N2O/c1-5-12-8-6-7-9-14(12)15(19)18-11-13(17)10-16(2,3)4/h6-9,13H,5,10-11,17H2,1-4H3,(H,18,19). The van der Waals surface area contributed by atoms with Crippen LogP contribution in [0, 0.1) is 5.41 Å². The van der Waals surface area contributed by atoms with Gasteiger partial charge in [0.05, 0.1) is 0 Å². The lowest BCUT2D eigenvalue weighted by Gasteiger charge is -2.23. The Hall–Kier alpha value is -1.35. The highest BCUT2D eigenvalue weighted by Crippen LogP contribution is 2.19. The van der Waals surface area contributed by atoms with Crippen LogP contribution in [0.25, 0.3) is 0 Å². The van der Waals surface area contributed by atoms with Crippen molar-refractivity contribution in [3.63, 3.8) is 0 Å². The zero-order chi connectivity index (χ0) is 14.5. The van der Waals surface area contributed by atoms with Crippen LogP contribution in [0.5, 0.6) is 0 Å². The highest BCUT2D eigenvalue weighted by Gasteiger charge is 2.17. The van der Waals surface area contributed by atoms with Gasteiger partial charge in [-0.1, -0.05) is 45.9 Å². The van der Waals surface area contributed by atoms with E-state index in [0.29, 0.717) is 6.54 Å². The second-order valence-corrected chi connectivity index (χ2v) is 6.25. The summed E-state index contributed by atoms with van der Waals surface area (Å²) < 4.78 is 0. The van der Waals surface area contributed by atoms with Crippen molar-refractivity contribution < 1.29 is 4.79 Å². The maximum Gasteiger partial charge on any atom is 0.251 e. The van der Waals surface area contributed by atoms with Gasteiger partial charge < -0.3 is 11.1 Å². The minimum absolute atomic E-state index is 0.00209. The van der Waals surface area contributed by atoms with Gasteiger partial charge in [0.25, 0.3) is 5.91 Å². The number of nitrogens with two attached hydrogens (primary N) is 1. The zero-order valence-electron chi connectivity index (χ0n) is 12.5. The van der Waals surface area contributed by atoms with Crippen LogP contribution in [0.15, 0.2) is 24.3 Å². The zero-order valence-corrected chi connectivity index (χ0v) is 12.5. The molecule has 1 rings (SSSR count). The summed E-state index contributed by atoms with van der Waals surface area (Å²) in [5.41, 5.74) is 8.06. The largest absolute Gasteiger partial charge is 0.350 e. The Labute approximate surface area is 116 Å². The fraction of sp³-hybridized carbons (Fsp3) is 0.562. The summed E-state index contributed by atoms with van der Waals surface area (Å²) in [6, 6.07) is 7.70.